The van der Waals surface area contributed by atoms with Crippen LogP contribution in [0, 0.1) is 0 Å². The lowest BCUT2D eigenvalue weighted by Crippen LogP contribution is -1.98. The number of hydrogen-bond donors (Lipinski definition) is 0. The van der Waals surface area contributed by atoms with Crippen LogP contribution in [-0.4, -0.2) is 13.1 Å². The summed E-state index contributed by atoms with van der Waals surface area (Å²) in [5, 5.41) is 0.0599. The summed E-state index contributed by atoms with van der Waals surface area (Å²) < 4.78 is 4.44. The van der Waals surface area contributed by atoms with Crippen molar-refractivity contribution >= 4 is 23.6 Å². The second-order valence-electron chi connectivity index (χ2n) is 2.78. The Balaban J connectivity index is 2.64. The molecular weight excluding hydrogens is 212 g/mol. The predicted molar refractivity (Wildman–Crippen MR) is 61.4 cm³/mol. The molecule has 0 bridgehead atoms. The van der Waals surface area contributed by atoms with Crippen LogP contribution in [0.25, 0.3) is 6.08 Å². The molecule has 1 rings (SSSR count). The molecule has 0 unspecified atom stereocenters. The highest BCUT2D eigenvalue weighted by Gasteiger charge is 2.02. The molecule has 0 atom stereocenters. The molecule has 0 heterocycles. The molecule has 15 heavy (non-hydrogen) atoms. The molecule has 0 radical (unpaired) electrons. The van der Waals surface area contributed by atoms with Crippen LogP contribution in [0.3, 0.4) is 0 Å². The first kappa shape index (κ1) is 11.5. The molecule has 1 aromatic rings. The van der Waals surface area contributed by atoms with E-state index in [4.69, 9.17) is 11.6 Å². The van der Waals surface area contributed by atoms with Crippen molar-refractivity contribution < 1.29 is 9.53 Å². The van der Waals surface area contributed by atoms with E-state index in [1.807, 2.05) is 36.4 Å². The first-order chi connectivity index (χ1) is 7.24. The quantitative estimate of drug-likeness (QED) is 0.447. The van der Waals surface area contributed by atoms with Gasteiger partial charge in [0.05, 0.1) is 7.11 Å². The van der Waals surface area contributed by atoms with Crippen molar-refractivity contribution in [3.05, 3.63) is 53.1 Å². The minimum Gasteiger partial charge on any atom is -0.465 e. The summed E-state index contributed by atoms with van der Waals surface area (Å²) in [7, 11) is 1.29. The SMILES string of the molecule is COC(=O)/C(Cl)=C\C=C\c1ccccc1. The number of carbonyl (C=O) groups is 1. The fraction of sp³-hybridized carbons (Fsp3) is 0.0833. The molecule has 0 aliphatic carbocycles. The van der Waals surface area contributed by atoms with Crippen LogP contribution in [0.4, 0.5) is 0 Å². The Bertz CT molecular complexity index is 380. The smallest absolute Gasteiger partial charge is 0.349 e. The zero-order valence-corrected chi connectivity index (χ0v) is 9.07. The third-order valence-corrected chi connectivity index (χ3v) is 1.99. The monoisotopic (exact) mass is 222 g/mol. The summed E-state index contributed by atoms with van der Waals surface area (Å²) in [4.78, 5) is 10.9. The molecule has 0 aliphatic rings. The lowest BCUT2D eigenvalue weighted by Gasteiger charge is -1.93. The van der Waals surface area contributed by atoms with Crippen molar-refractivity contribution in [1.29, 1.82) is 0 Å². The molecule has 0 amide bonds. The highest BCUT2D eigenvalue weighted by atomic mass is 35.5. The molecule has 0 saturated heterocycles. The van der Waals surface area contributed by atoms with Gasteiger partial charge in [0.15, 0.2) is 0 Å². The second-order valence-corrected chi connectivity index (χ2v) is 3.18. The van der Waals surface area contributed by atoms with Gasteiger partial charge in [-0.05, 0) is 11.6 Å². The van der Waals surface area contributed by atoms with Gasteiger partial charge in [0.1, 0.15) is 5.03 Å². The fourth-order valence-corrected chi connectivity index (χ4v) is 1.12. The van der Waals surface area contributed by atoms with E-state index < -0.39 is 5.97 Å². The highest BCUT2D eigenvalue weighted by Crippen LogP contribution is 2.06. The van der Waals surface area contributed by atoms with Gasteiger partial charge in [-0.25, -0.2) is 4.79 Å². The summed E-state index contributed by atoms with van der Waals surface area (Å²) in [5.74, 6) is -0.533. The lowest BCUT2D eigenvalue weighted by molar-refractivity contribution is -0.135. The van der Waals surface area contributed by atoms with E-state index in [9.17, 15) is 4.79 Å². The molecule has 78 valence electrons. The Morgan fingerprint density at radius 2 is 2.00 bits per heavy atom. The first-order valence-electron chi connectivity index (χ1n) is 4.41. The molecule has 0 saturated carbocycles. The van der Waals surface area contributed by atoms with Gasteiger partial charge in [-0.2, -0.15) is 0 Å². The summed E-state index contributed by atoms with van der Waals surface area (Å²) in [5.41, 5.74) is 1.04. The van der Waals surface area contributed by atoms with Gasteiger partial charge >= 0.3 is 5.97 Å². The van der Waals surface area contributed by atoms with Gasteiger partial charge in [-0.3, -0.25) is 0 Å². The van der Waals surface area contributed by atoms with E-state index in [1.165, 1.54) is 13.2 Å². The summed E-state index contributed by atoms with van der Waals surface area (Å²) >= 11 is 5.63. The molecule has 0 aliphatic heterocycles. The maximum atomic E-state index is 10.9. The molecule has 0 fully saturated rings. The van der Waals surface area contributed by atoms with Gasteiger partial charge < -0.3 is 4.74 Å². The predicted octanol–water partition coefficient (Wildman–Crippen LogP) is 3.00. The maximum absolute atomic E-state index is 10.9. The fourth-order valence-electron chi connectivity index (χ4n) is 0.973. The second kappa shape index (κ2) is 6.04. The third-order valence-electron chi connectivity index (χ3n) is 1.71. The van der Waals surface area contributed by atoms with Gasteiger partial charge in [-0.1, -0.05) is 54.1 Å². The molecule has 0 spiro atoms. The standard InChI is InChI=1S/C12H11ClO2/c1-15-12(14)11(13)9-5-8-10-6-3-2-4-7-10/h2-9H,1H3/b8-5+,11-9+. The Kier molecular flexibility index (Phi) is 4.64. The molecule has 0 aromatic heterocycles. The Morgan fingerprint density at radius 3 is 2.60 bits per heavy atom. The van der Waals surface area contributed by atoms with E-state index in [2.05, 4.69) is 4.74 Å². The van der Waals surface area contributed by atoms with Crippen molar-refractivity contribution in [2.45, 2.75) is 0 Å². The van der Waals surface area contributed by atoms with Crippen molar-refractivity contribution in [2.75, 3.05) is 7.11 Å². The number of esters is 1. The zero-order valence-electron chi connectivity index (χ0n) is 8.31. The van der Waals surface area contributed by atoms with Gasteiger partial charge in [0, 0.05) is 0 Å². The lowest BCUT2D eigenvalue weighted by atomic mass is 10.2. The largest absolute Gasteiger partial charge is 0.465 e. The van der Waals surface area contributed by atoms with E-state index in [1.54, 1.807) is 6.08 Å². The molecule has 2 nitrogen and oxygen atoms in total. The number of ether oxygens (including phenoxy) is 1. The Morgan fingerprint density at radius 1 is 1.33 bits per heavy atom. The number of methoxy groups -OCH3 is 1. The van der Waals surface area contributed by atoms with Crippen molar-refractivity contribution in [1.82, 2.24) is 0 Å². The zero-order chi connectivity index (χ0) is 11.1. The number of allylic oxidation sites excluding steroid dienone is 2. The summed E-state index contributed by atoms with van der Waals surface area (Å²) in [6.07, 6.45) is 5.06. The first-order valence-corrected chi connectivity index (χ1v) is 4.79. The average Bonchev–Trinajstić information content (AvgIpc) is 2.29. The Hall–Kier alpha value is -1.54. The van der Waals surface area contributed by atoms with Crippen LogP contribution >= 0.6 is 11.6 Å². The number of halogens is 1. The van der Waals surface area contributed by atoms with Gasteiger partial charge in [0.2, 0.25) is 0 Å². The molecule has 0 N–H and O–H groups in total. The van der Waals surface area contributed by atoms with Gasteiger partial charge in [0.25, 0.3) is 0 Å². The van der Waals surface area contributed by atoms with Crippen molar-refractivity contribution in [3.63, 3.8) is 0 Å². The summed E-state index contributed by atoms with van der Waals surface area (Å²) in [6.45, 7) is 0. The van der Waals surface area contributed by atoms with E-state index >= 15 is 0 Å². The van der Waals surface area contributed by atoms with Crippen LogP contribution in [0.5, 0.6) is 0 Å². The van der Waals surface area contributed by atoms with E-state index in [0.29, 0.717) is 0 Å². The van der Waals surface area contributed by atoms with Crippen LogP contribution in [0.2, 0.25) is 0 Å². The minimum atomic E-state index is -0.533. The minimum absolute atomic E-state index is 0.0599. The Labute approximate surface area is 93.8 Å². The van der Waals surface area contributed by atoms with E-state index in [-0.39, 0.29) is 5.03 Å². The highest BCUT2D eigenvalue weighted by molar-refractivity contribution is 6.41. The normalized spacial score (nSPS) is 11.7. The maximum Gasteiger partial charge on any atom is 0.349 e. The number of rotatable bonds is 3. The van der Waals surface area contributed by atoms with Gasteiger partial charge in [-0.15, -0.1) is 0 Å². The van der Waals surface area contributed by atoms with Crippen LogP contribution in [-0.2, 0) is 9.53 Å². The van der Waals surface area contributed by atoms with E-state index in [0.717, 1.165) is 5.56 Å². The average molecular weight is 223 g/mol. The number of hydrogen-bond acceptors (Lipinski definition) is 2. The van der Waals surface area contributed by atoms with Crippen molar-refractivity contribution in [2.24, 2.45) is 0 Å². The molecular formula is C12H11ClO2. The number of benzene rings is 1. The topological polar surface area (TPSA) is 26.3 Å². The van der Waals surface area contributed by atoms with Crippen molar-refractivity contribution in [3.8, 4) is 0 Å². The summed E-state index contributed by atoms with van der Waals surface area (Å²) in [6, 6.07) is 9.72. The number of carbonyl (C=O) groups excluding carboxylic acids is 1. The van der Waals surface area contributed by atoms with Crippen LogP contribution < -0.4 is 0 Å². The molecule has 1 aromatic carbocycles. The van der Waals surface area contributed by atoms with Crippen LogP contribution in [0.15, 0.2) is 47.5 Å². The van der Waals surface area contributed by atoms with Crippen LogP contribution in [0.1, 0.15) is 5.56 Å². The third kappa shape index (κ3) is 4.00. The molecule has 3 heteroatoms.